The number of hydrogen-bond donors (Lipinski definition) is 0. The van der Waals surface area contributed by atoms with Crippen LogP contribution in [0, 0.1) is 11.7 Å². The normalized spacial score (nSPS) is 18.9. The van der Waals surface area contributed by atoms with Gasteiger partial charge in [0, 0.05) is 24.6 Å². The lowest BCUT2D eigenvalue weighted by atomic mass is 9.90. The summed E-state index contributed by atoms with van der Waals surface area (Å²) in [5, 5.41) is 0. The first-order valence-corrected chi connectivity index (χ1v) is 7.54. The molecule has 0 aromatic heterocycles. The summed E-state index contributed by atoms with van der Waals surface area (Å²) in [5.41, 5.74) is -0.0669. The van der Waals surface area contributed by atoms with Gasteiger partial charge in [0.15, 0.2) is 5.78 Å². The molecule has 0 bridgehead atoms. The first-order valence-electron chi connectivity index (χ1n) is 7.54. The van der Waals surface area contributed by atoms with E-state index in [9.17, 15) is 14.0 Å². The maximum atomic E-state index is 12.9. The van der Waals surface area contributed by atoms with E-state index in [0.29, 0.717) is 18.7 Å². The number of ketones is 1. The standard InChI is InChI=1S/C17H22FNO3/c1-17(2,3)22-16(21)19-10-4-5-13(11-19)15(20)12-6-8-14(18)9-7-12/h6-9,13H,4-5,10-11H2,1-3H3. The smallest absolute Gasteiger partial charge is 0.410 e. The summed E-state index contributed by atoms with van der Waals surface area (Å²) in [6, 6.07) is 5.54. The average Bonchev–Trinajstić information content (AvgIpc) is 2.46. The van der Waals surface area contributed by atoms with Crippen molar-refractivity contribution >= 4 is 11.9 Å². The van der Waals surface area contributed by atoms with Crippen LogP contribution in [0.3, 0.4) is 0 Å². The first-order chi connectivity index (χ1) is 10.3. The maximum Gasteiger partial charge on any atom is 0.410 e. The minimum Gasteiger partial charge on any atom is -0.444 e. The van der Waals surface area contributed by atoms with Crippen molar-refractivity contribution in [3.05, 3.63) is 35.6 Å². The van der Waals surface area contributed by atoms with Gasteiger partial charge in [0.05, 0.1) is 0 Å². The highest BCUT2D eigenvalue weighted by atomic mass is 19.1. The van der Waals surface area contributed by atoms with Crippen LogP contribution < -0.4 is 0 Å². The number of rotatable bonds is 2. The largest absolute Gasteiger partial charge is 0.444 e. The van der Waals surface area contributed by atoms with Crippen molar-refractivity contribution in [1.29, 1.82) is 0 Å². The number of hydrogen-bond acceptors (Lipinski definition) is 3. The van der Waals surface area contributed by atoms with Crippen molar-refractivity contribution in [3.8, 4) is 0 Å². The highest BCUT2D eigenvalue weighted by Gasteiger charge is 2.31. The van der Waals surface area contributed by atoms with Crippen molar-refractivity contribution in [1.82, 2.24) is 4.90 Å². The molecule has 1 atom stereocenters. The van der Waals surface area contributed by atoms with Gasteiger partial charge in [0.1, 0.15) is 11.4 Å². The summed E-state index contributed by atoms with van der Waals surface area (Å²) < 4.78 is 18.3. The predicted octanol–water partition coefficient (Wildman–Crippen LogP) is 3.66. The van der Waals surface area contributed by atoms with Crippen molar-refractivity contribution in [3.63, 3.8) is 0 Å². The Morgan fingerprint density at radius 1 is 1.23 bits per heavy atom. The van der Waals surface area contributed by atoms with Crippen molar-refractivity contribution in [2.45, 2.75) is 39.2 Å². The minimum absolute atomic E-state index is 0.0479. The van der Waals surface area contributed by atoms with Crippen LogP contribution in [0.15, 0.2) is 24.3 Å². The number of piperidine rings is 1. The van der Waals surface area contributed by atoms with Gasteiger partial charge in [0.2, 0.25) is 0 Å². The lowest BCUT2D eigenvalue weighted by molar-refractivity contribution is 0.0172. The number of Topliss-reactive ketones (excluding diaryl/α,β-unsaturated/α-hetero) is 1. The zero-order valence-electron chi connectivity index (χ0n) is 13.3. The Bertz CT molecular complexity index is 548. The van der Waals surface area contributed by atoms with Gasteiger partial charge < -0.3 is 9.64 Å². The van der Waals surface area contributed by atoms with E-state index in [-0.39, 0.29) is 23.6 Å². The summed E-state index contributed by atoms with van der Waals surface area (Å²) in [6.45, 7) is 6.40. The number of benzene rings is 1. The quantitative estimate of drug-likeness (QED) is 0.783. The molecule has 1 heterocycles. The molecule has 120 valence electrons. The monoisotopic (exact) mass is 307 g/mol. The summed E-state index contributed by atoms with van der Waals surface area (Å²) in [6.07, 6.45) is 1.11. The fourth-order valence-corrected chi connectivity index (χ4v) is 2.53. The molecule has 1 aliphatic rings. The lowest BCUT2D eigenvalue weighted by Crippen LogP contribution is -2.44. The van der Waals surface area contributed by atoms with Crippen LogP contribution >= 0.6 is 0 Å². The van der Waals surface area contributed by atoms with Crippen molar-refractivity contribution in [2.24, 2.45) is 5.92 Å². The van der Waals surface area contributed by atoms with E-state index in [1.165, 1.54) is 24.3 Å². The Balaban J connectivity index is 2.02. The highest BCUT2D eigenvalue weighted by Crippen LogP contribution is 2.23. The molecule has 22 heavy (non-hydrogen) atoms. The van der Waals surface area contributed by atoms with E-state index >= 15 is 0 Å². The molecule has 1 aromatic rings. The van der Waals surface area contributed by atoms with Gasteiger partial charge in [-0.2, -0.15) is 0 Å². The van der Waals surface area contributed by atoms with Gasteiger partial charge in [-0.1, -0.05) is 0 Å². The predicted molar refractivity (Wildman–Crippen MR) is 81.3 cm³/mol. The second-order valence-electron chi connectivity index (χ2n) is 6.64. The third-order valence-electron chi connectivity index (χ3n) is 3.57. The van der Waals surface area contributed by atoms with E-state index in [4.69, 9.17) is 4.74 Å². The van der Waals surface area contributed by atoms with Crippen LogP contribution in [0.1, 0.15) is 44.0 Å². The molecule has 1 fully saturated rings. The van der Waals surface area contributed by atoms with E-state index in [2.05, 4.69) is 0 Å². The van der Waals surface area contributed by atoms with Crippen LogP contribution in [0.2, 0.25) is 0 Å². The number of carbonyl (C=O) groups excluding carboxylic acids is 2. The second-order valence-corrected chi connectivity index (χ2v) is 6.64. The fraction of sp³-hybridized carbons (Fsp3) is 0.529. The molecule has 0 spiro atoms. The number of halogens is 1. The molecule has 2 rings (SSSR count). The van der Waals surface area contributed by atoms with Gasteiger partial charge in [-0.3, -0.25) is 4.79 Å². The molecule has 1 aromatic carbocycles. The van der Waals surface area contributed by atoms with Crippen LogP contribution in [-0.4, -0.2) is 35.5 Å². The van der Waals surface area contributed by atoms with Gasteiger partial charge >= 0.3 is 6.09 Å². The Morgan fingerprint density at radius 3 is 2.45 bits per heavy atom. The summed E-state index contributed by atoms with van der Waals surface area (Å²) in [4.78, 5) is 26.2. The lowest BCUT2D eigenvalue weighted by Gasteiger charge is -2.33. The number of ether oxygens (including phenoxy) is 1. The third-order valence-corrected chi connectivity index (χ3v) is 3.57. The number of carbonyl (C=O) groups is 2. The minimum atomic E-state index is -0.551. The van der Waals surface area contributed by atoms with Crippen molar-refractivity contribution < 1.29 is 18.7 Å². The number of amides is 1. The van der Waals surface area contributed by atoms with Crippen LogP contribution in [0.25, 0.3) is 0 Å². The van der Waals surface area contributed by atoms with Crippen LogP contribution in [0.4, 0.5) is 9.18 Å². The molecule has 1 saturated heterocycles. The zero-order valence-corrected chi connectivity index (χ0v) is 13.3. The van der Waals surface area contributed by atoms with Crippen molar-refractivity contribution in [2.75, 3.05) is 13.1 Å². The average molecular weight is 307 g/mol. The molecule has 4 nitrogen and oxygen atoms in total. The third kappa shape index (κ3) is 4.29. The molecular formula is C17H22FNO3. The summed E-state index contributed by atoms with van der Waals surface area (Å²) in [7, 11) is 0. The van der Waals surface area contributed by atoms with Crippen LogP contribution in [-0.2, 0) is 4.74 Å². The molecule has 0 saturated carbocycles. The van der Waals surface area contributed by atoms with Gasteiger partial charge in [0.25, 0.3) is 0 Å². The van der Waals surface area contributed by atoms with Crippen LogP contribution in [0.5, 0.6) is 0 Å². The molecule has 1 aliphatic heterocycles. The molecule has 0 radical (unpaired) electrons. The summed E-state index contributed by atoms with van der Waals surface area (Å²) in [5.74, 6) is -0.671. The van der Waals surface area contributed by atoms with Gasteiger partial charge in [-0.15, -0.1) is 0 Å². The fourth-order valence-electron chi connectivity index (χ4n) is 2.53. The number of nitrogens with zero attached hydrogens (tertiary/aromatic N) is 1. The first kappa shape index (κ1) is 16.5. The summed E-state index contributed by atoms with van der Waals surface area (Å²) >= 11 is 0. The Labute approximate surface area is 130 Å². The second kappa shape index (κ2) is 6.46. The van der Waals surface area contributed by atoms with Gasteiger partial charge in [-0.05, 0) is 57.9 Å². The highest BCUT2D eigenvalue weighted by molar-refractivity contribution is 5.98. The van der Waals surface area contributed by atoms with E-state index in [1.807, 2.05) is 20.8 Å². The van der Waals surface area contributed by atoms with E-state index in [1.54, 1.807) is 4.90 Å². The van der Waals surface area contributed by atoms with Gasteiger partial charge in [-0.25, -0.2) is 9.18 Å². The Hall–Kier alpha value is -1.91. The zero-order chi connectivity index (χ0) is 16.3. The van der Waals surface area contributed by atoms with E-state index in [0.717, 1.165) is 12.8 Å². The Kier molecular flexibility index (Phi) is 4.84. The maximum absolute atomic E-state index is 12.9. The molecular weight excluding hydrogens is 285 g/mol. The SMILES string of the molecule is CC(C)(C)OC(=O)N1CCCC(C(=O)c2ccc(F)cc2)C1. The topological polar surface area (TPSA) is 46.6 Å². The number of likely N-dealkylation sites (tertiary alicyclic amines) is 1. The molecule has 0 N–H and O–H groups in total. The Morgan fingerprint density at radius 2 is 1.86 bits per heavy atom. The molecule has 5 heteroatoms. The molecule has 1 amide bonds. The molecule has 0 aliphatic carbocycles. The van der Waals surface area contributed by atoms with E-state index < -0.39 is 5.60 Å². The molecule has 1 unspecified atom stereocenters.